The summed E-state index contributed by atoms with van der Waals surface area (Å²) in [5, 5.41) is 16.4. The molecule has 0 saturated carbocycles. The van der Waals surface area contributed by atoms with Gasteiger partial charge in [0.1, 0.15) is 17.7 Å². The van der Waals surface area contributed by atoms with Crippen LogP contribution in [0, 0.1) is 12.3 Å². The van der Waals surface area contributed by atoms with E-state index >= 15 is 0 Å². The Morgan fingerprint density at radius 2 is 1.73 bits per heavy atom. The molecule has 0 spiro atoms. The number of hydrogen-bond acceptors (Lipinski definition) is 10. The second-order valence-electron chi connectivity index (χ2n) is 15.5. The number of aromatic nitrogens is 1. The van der Waals surface area contributed by atoms with Gasteiger partial charge in [-0.05, 0) is 57.1 Å². The van der Waals surface area contributed by atoms with Crippen LogP contribution in [0.15, 0.2) is 29.8 Å². The molecule has 4 amide bonds. The smallest absolute Gasteiger partial charge is 0.410 e. The number of benzene rings is 1. The molecule has 13 nitrogen and oxygen atoms in total. The lowest BCUT2D eigenvalue weighted by atomic mass is 9.85. The maximum absolute atomic E-state index is 13.9. The highest BCUT2D eigenvalue weighted by Gasteiger charge is 2.44. The number of nitrogens with zero attached hydrogens (tertiary/aromatic N) is 3. The van der Waals surface area contributed by atoms with Crippen molar-refractivity contribution in [3.05, 3.63) is 41.0 Å². The Balaban J connectivity index is 1.49. The van der Waals surface area contributed by atoms with Crippen LogP contribution in [0.1, 0.15) is 91.3 Å². The zero-order chi connectivity index (χ0) is 38.5. The molecule has 1 aliphatic heterocycles. The number of β-amino-alcohol motifs (C(OH)–C–C–N with tert-alkyl or cyclic N) is 1. The number of amides is 4. The molecule has 290 valence electrons. The Morgan fingerprint density at radius 1 is 1.04 bits per heavy atom. The van der Waals surface area contributed by atoms with Crippen LogP contribution in [0.4, 0.5) is 4.79 Å². The zero-order valence-electron chi connectivity index (χ0n) is 32.0. The highest BCUT2D eigenvalue weighted by atomic mass is 32.1. The van der Waals surface area contributed by atoms with Crippen molar-refractivity contribution in [1.29, 1.82) is 0 Å². The molecule has 0 radical (unpaired) electrons. The van der Waals surface area contributed by atoms with E-state index in [0.717, 1.165) is 41.0 Å². The Labute approximate surface area is 313 Å². The standard InChI is InChI=1S/C38H60N6O7S/c1-26-32(52-25-41-26)28-15-13-27(14-16-28)23-40-34(47)30-22-29(45)24-44(30)35(48)33(37(2,3)4)42-31(46)12-10-8-9-11-18-43(19-21-50-20-17-39)36(49)51-38(5,6)7/h13-16,25,29-30,33,45H,8-12,17-24,39H2,1-7H3,(H,40,47)(H,42,46)/t29-,30+,33-/m1/s1. The summed E-state index contributed by atoms with van der Waals surface area (Å²) >= 11 is 1.58. The van der Waals surface area contributed by atoms with E-state index < -0.39 is 29.2 Å². The lowest BCUT2D eigenvalue weighted by molar-refractivity contribution is -0.144. The number of thiazole rings is 1. The number of aliphatic hydroxyl groups is 1. The predicted molar refractivity (Wildman–Crippen MR) is 202 cm³/mol. The van der Waals surface area contributed by atoms with Crippen molar-refractivity contribution in [3.8, 4) is 10.4 Å². The lowest BCUT2D eigenvalue weighted by Gasteiger charge is -2.35. The summed E-state index contributed by atoms with van der Waals surface area (Å²) in [4.78, 5) is 61.5. The van der Waals surface area contributed by atoms with E-state index in [1.807, 2.05) is 78.2 Å². The van der Waals surface area contributed by atoms with Crippen LogP contribution in [0.5, 0.6) is 0 Å². The molecule has 2 heterocycles. The van der Waals surface area contributed by atoms with E-state index in [1.165, 1.54) is 4.90 Å². The minimum Gasteiger partial charge on any atom is -0.444 e. The number of nitrogens with one attached hydrogen (secondary N) is 2. The molecule has 0 bridgehead atoms. The van der Waals surface area contributed by atoms with E-state index in [4.69, 9.17) is 15.2 Å². The molecule has 1 aliphatic rings. The summed E-state index contributed by atoms with van der Waals surface area (Å²) in [7, 11) is 0. The van der Waals surface area contributed by atoms with Gasteiger partial charge < -0.3 is 40.7 Å². The number of aliphatic hydroxyl groups excluding tert-OH is 1. The van der Waals surface area contributed by atoms with Gasteiger partial charge in [0.15, 0.2) is 0 Å². The summed E-state index contributed by atoms with van der Waals surface area (Å²) < 4.78 is 11.0. The van der Waals surface area contributed by atoms with E-state index in [9.17, 15) is 24.3 Å². The van der Waals surface area contributed by atoms with Crippen LogP contribution in [0.25, 0.3) is 10.4 Å². The number of rotatable bonds is 18. The van der Waals surface area contributed by atoms with Gasteiger partial charge in [-0.15, -0.1) is 11.3 Å². The van der Waals surface area contributed by atoms with Crippen molar-refractivity contribution in [2.24, 2.45) is 11.1 Å². The zero-order valence-corrected chi connectivity index (χ0v) is 32.9. The van der Waals surface area contributed by atoms with E-state index in [0.29, 0.717) is 39.3 Å². The number of ether oxygens (including phenoxy) is 2. The number of unbranched alkanes of at least 4 members (excludes halogenated alkanes) is 3. The molecule has 0 unspecified atom stereocenters. The number of aryl methyl sites for hydroxylation is 1. The largest absolute Gasteiger partial charge is 0.444 e. The fourth-order valence-corrected chi connectivity index (χ4v) is 6.75. The van der Waals surface area contributed by atoms with Gasteiger partial charge in [0.05, 0.1) is 35.4 Å². The van der Waals surface area contributed by atoms with Crippen molar-refractivity contribution in [2.45, 2.75) is 117 Å². The second kappa shape index (κ2) is 20.0. The van der Waals surface area contributed by atoms with Crippen LogP contribution in [0.3, 0.4) is 0 Å². The molecule has 1 fully saturated rings. The number of carbonyl (C=O) groups is 4. The molecule has 52 heavy (non-hydrogen) atoms. The first-order valence-electron chi connectivity index (χ1n) is 18.3. The van der Waals surface area contributed by atoms with Crippen LogP contribution in [-0.4, -0.2) is 107 Å². The molecule has 1 saturated heterocycles. The number of hydrogen-bond donors (Lipinski definition) is 4. The summed E-state index contributed by atoms with van der Waals surface area (Å²) in [6.07, 6.45) is 2.04. The van der Waals surface area contributed by atoms with Crippen molar-refractivity contribution in [2.75, 3.05) is 39.4 Å². The van der Waals surface area contributed by atoms with Gasteiger partial charge in [-0.3, -0.25) is 14.4 Å². The Kier molecular flexibility index (Phi) is 16.5. The molecule has 2 aromatic rings. The lowest BCUT2D eigenvalue weighted by Crippen LogP contribution is -2.57. The average molecular weight is 745 g/mol. The molecule has 1 aromatic carbocycles. The molecule has 3 atom stereocenters. The first-order chi connectivity index (χ1) is 24.5. The quantitative estimate of drug-likeness (QED) is 0.161. The van der Waals surface area contributed by atoms with Gasteiger partial charge >= 0.3 is 6.09 Å². The third kappa shape index (κ3) is 13.8. The van der Waals surface area contributed by atoms with Crippen LogP contribution < -0.4 is 16.4 Å². The molecular weight excluding hydrogens is 685 g/mol. The monoisotopic (exact) mass is 744 g/mol. The molecule has 3 rings (SSSR count). The fraction of sp³-hybridized carbons (Fsp3) is 0.658. The maximum Gasteiger partial charge on any atom is 0.410 e. The van der Waals surface area contributed by atoms with E-state index in [2.05, 4.69) is 15.6 Å². The first-order valence-corrected chi connectivity index (χ1v) is 19.2. The average Bonchev–Trinajstić information content (AvgIpc) is 3.68. The van der Waals surface area contributed by atoms with E-state index in [-0.39, 0.29) is 49.7 Å². The van der Waals surface area contributed by atoms with E-state index in [1.54, 1.807) is 16.2 Å². The fourth-order valence-electron chi connectivity index (χ4n) is 5.94. The number of likely N-dealkylation sites (tertiary alicyclic amines) is 1. The summed E-state index contributed by atoms with van der Waals surface area (Å²) in [5.74, 6) is -0.988. The maximum atomic E-state index is 13.9. The Hall–Kier alpha value is -3.59. The van der Waals surface area contributed by atoms with Gasteiger partial charge in [0.25, 0.3) is 0 Å². The number of carbonyl (C=O) groups excluding carboxylic acids is 4. The van der Waals surface area contributed by atoms with Crippen LogP contribution in [-0.2, 0) is 30.4 Å². The Morgan fingerprint density at radius 3 is 2.35 bits per heavy atom. The van der Waals surface area contributed by atoms with Gasteiger partial charge in [-0.1, -0.05) is 57.9 Å². The summed E-state index contributed by atoms with van der Waals surface area (Å²) in [5.41, 5.74) is 8.99. The SMILES string of the molecule is Cc1ncsc1-c1ccc(CNC(=O)[C@@H]2C[C@@H](O)CN2C(=O)[C@@H](NC(=O)CCCCCCN(CCOCCN)C(=O)OC(C)(C)C)C(C)(C)C)cc1. The van der Waals surface area contributed by atoms with Crippen LogP contribution in [0.2, 0.25) is 0 Å². The molecule has 5 N–H and O–H groups in total. The topological polar surface area (TPSA) is 176 Å². The number of nitrogens with two attached hydrogens (primary N) is 1. The van der Waals surface area contributed by atoms with Crippen molar-refractivity contribution < 1.29 is 33.8 Å². The van der Waals surface area contributed by atoms with Crippen LogP contribution >= 0.6 is 11.3 Å². The minimum absolute atomic E-state index is 0.0156. The highest BCUT2D eigenvalue weighted by Crippen LogP contribution is 2.28. The molecular formula is C38H60N6O7S. The Bertz CT molecular complexity index is 1450. The van der Waals surface area contributed by atoms with Crippen molar-refractivity contribution >= 4 is 35.2 Å². The third-order valence-electron chi connectivity index (χ3n) is 8.71. The molecule has 1 aromatic heterocycles. The summed E-state index contributed by atoms with van der Waals surface area (Å²) in [6, 6.07) is 6.16. The third-order valence-corrected chi connectivity index (χ3v) is 9.69. The van der Waals surface area contributed by atoms with Gasteiger partial charge in [-0.2, -0.15) is 0 Å². The van der Waals surface area contributed by atoms with Crippen molar-refractivity contribution in [1.82, 2.24) is 25.4 Å². The normalized spacial score (nSPS) is 16.8. The summed E-state index contributed by atoms with van der Waals surface area (Å²) in [6.45, 7) is 15.5. The highest BCUT2D eigenvalue weighted by molar-refractivity contribution is 7.13. The van der Waals surface area contributed by atoms with Gasteiger partial charge in [0, 0.05) is 45.6 Å². The van der Waals surface area contributed by atoms with Gasteiger partial charge in [0.2, 0.25) is 17.7 Å². The second-order valence-corrected chi connectivity index (χ2v) is 16.3. The van der Waals surface area contributed by atoms with Gasteiger partial charge in [-0.25, -0.2) is 9.78 Å². The van der Waals surface area contributed by atoms with Crippen molar-refractivity contribution in [3.63, 3.8) is 0 Å². The molecule has 0 aliphatic carbocycles. The predicted octanol–water partition coefficient (Wildman–Crippen LogP) is 4.39. The first kappa shape index (κ1) is 42.8. The minimum atomic E-state index is -0.882. The molecule has 14 heteroatoms.